The van der Waals surface area contributed by atoms with Gasteiger partial charge in [-0.15, -0.1) is 5.10 Å². The van der Waals surface area contributed by atoms with E-state index in [9.17, 15) is 9.59 Å². The number of anilines is 1. The molecule has 0 unspecified atom stereocenters. The Labute approximate surface area is 164 Å². The molecular formula is C19H16N8O2. The summed E-state index contributed by atoms with van der Waals surface area (Å²) in [6.45, 7) is 1.67. The number of carbonyl (C=O) groups excluding carboxylic acids is 2. The van der Waals surface area contributed by atoms with Crippen molar-refractivity contribution in [2.24, 2.45) is 12.8 Å². The van der Waals surface area contributed by atoms with E-state index >= 15 is 0 Å². The molecule has 0 bridgehead atoms. The topological polar surface area (TPSA) is 142 Å². The third kappa shape index (κ3) is 3.63. The van der Waals surface area contributed by atoms with E-state index in [0.29, 0.717) is 28.3 Å². The summed E-state index contributed by atoms with van der Waals surface area (Å²) in [6.07, 6.45) is 6.38. The van der Waals surface area contributed by atoms with Gasteiger partial charge in [0.25, 0.3) is 11.8 Å². The second-order valence-corrected chi connectivity index (χ2v) is 6.47. The first-order chi connectivity index (χ1) is 13.9. The van der Waals surface area contributed by atoms with Gasteiger partial charge in [0.2, 0.25) is 0 Å². The molecule has 0 aliphatic heterocycles. The maximum absolute atomic E-state index is 12.5. The van der Waals surface area contributed by atoms with E-state index < -0.39 is 11.8 Å². The van der Waals surface area contributed by atoms with Crippen molar-refractivity contribution in [2.75, 3.05) is 5.32 Å². The first kappa shape index (κ1) is 18.2. The molecule has 4 aromatic heterocycles. The van der Waals surface area contributed by atoms with Gasteiger partial charge in [-0.3, -0.25) is 19.3 Å². The second-order valence-electron chi connectivity index (χ2n) is 6.47. The number of aryl methyl sites for hydroxylation is 2. The monoisotopic (exact) mass is 388 g/mol. The predicted molar refractivity (Wildman–Crippen MR) is 105 cm³/mol. The van der Waals surface area contributed by atoms with Gasteiger partial charge < -0.3 is 11.1 Å². The number of rotatable bonds is 4. The SMILES string of the molecule is Cc1cc(C(=O)Nc2cc3cc(-c4cn(C)nn4)ncc3cn2)cnc1C(N)=O. The molecule has 10 heteroatoms. The fraction of sp³-hybridized carbons (Fsp3) is 0.105. The number of nitrogens with one attached hydrogen (secondary N) is 1. The molecule has 0 spiro atoms. The molecule has 4 heterocycles. The van der Waals surface area contributed by atoms with Crippen LogP contribution in [0, 0.1) is 6.92 Å². The fourth-order valence-electron chi connectivity index (χ4n) is 2.86. The van der Waals surface area contributed by atoms with Crippen molar-refractivity contribution in [3.63, 3.8) is 0 Å². The lowest BCUT2D eigenvalue weighted by Gasteiger charge is -2.08. The fourth-order valence-corrected chi connectivity index (χ4v) is 2.86. The predicted octanol–water partition coefficient (Wildman–Crippen LogP) is 1.48. The van der Waals surface area contributed by atoms with Crippen molar-refractivity contribution >= 4 is 28.4 Å². The minimum absolute atomic E-state index is 0.134. The Balaban J connectivity index is 1.61. The van der Waals surface area contributed by atoms with Crippen LogP contribution in [-0.2, 0) is 7.05 Å². The second kappa shape index (κ2) is 7.08. The maximum atomic E-state index is 12.5. The number of fused-ring (bicyclic) bond motifs is 1. The average molecular weight is 388 g/mol. The zero-order valence-electron chi connectivity index (χ0n) is 15.6. The third-order valence-electron chi connectivity index (χ3n) is 4.28. The molecule has 4 aromatic rings. The summed E-state index contributed by atoms with van der Waals surface area (Å²) in [7, 11) is 1.78. The Kier molecular flexibility index (Phi) is 4.43. The van der Waals surface area contributed by atoms with Crippen LogP contribution in [0.1, 0.15) is 26.4 Å². The van der Waals surface area contributed by atoms with Crippen molar-refractivity contribution in [1.29, 1.82) is 0 Å². The summed E-state index contributed by atoms with van der Waals surface area (Å²) in [5.41, 5.74) is 7.51. The van der Waals surface area contributed by atoms with Gasteiger partial charge in [0.05, 0.1) is 17.5 Å². The lowest BCUT2D eigenvalue weighted by molar-refractivity contribution is 0.0989. The summed E-state index contributed by atoms with van der Waals surface area (Å²) >= 11 is 0. The molecule has 4 rings (SSSR count). The van der Waals surface area contributed by atoms with Crippen molar-refractivity contribution in [3.8, 4) is 11.4 Å². The van der Waals surface area contributed by atoms with Crippen LogP contribution in [0.4, 0.5) is 5.82 Å². The number of aromatic nitrogens is 6. The van der Waals surface area contributed by atoms with Crippen molar-refractivity contribution in [1.82, 2.24) is 29.9 Å². The summed E-state index contributed by atoms with van der Waals surface area (Å²) in [5.74, 6) is -0.666. The summed E-state index contributed by atoms with van der Waals surface area (Å²) in [6, 6.07) is 5.15. The van der Waals surface area contributed by atoms with Gasteiger partial charge in [0.1, 0.15) is 17.2 Å². The van der Waals surface area contributed by atoms with Gasteiger partial charge >= 0.3 is 0 Å². The highest BCUT2D eigenvalue weighted by atomic mass is 16.2. The van der Waals surface area contributed by atoms with Crippen LogP contribution in [0.15, 0.2) is 43.0 Å². The number of nitrogens with zero attached hydrogens (tertiary/aromatic N) is 6. The van der Waals surface area contributed by atoms with Crippen molar-refractivity contribution < 1.29 is 9.59 Å². The zero-order valence-corrected chi connectivity index (χ0v) is 15.6. The molecule has 0 aliphatic carbocycles. The van der Waals surface area contributed by atoms with Crippen LogP contribution in [0.3, 0.4) is 0 Å². The lowest BCUT2D eigenvalue weighted by atomic mass is 10.1. The Hall–Kier alpha value is -4.21. The highest BCUT2D eigenvalue weighted by Gasteiger charge is 2.13. The number of hydrogen-bond acceptors (Lipinski definition) is 7. The van der Waals surface area contributed by atoms with Gasteiger partial charge in [-0.2, -0.15) is 0 Å². The average Bonchev–Trinajstić information content (AvgIpc) is 3.13. The van der Waals surface area contributed by atoms with Crippen LogP contribution in [0.2, 0.25) is 0 Å². The molecule has 2 amide bonds. The summed E-state index contributed by atoms with van der Waals surface area (Å²) in [5, 5.41) is 12.4. The molecule has 0 saturated carbocycles. The highest BCUT2D eigenvalue weighted by Crippen LogP contribution is 2.22. The molecule has 0 atom stereocenters. The van der Waals surface area contributed by atoms with Crippen LogP contribution >= 0.6 is 0 Å². The zero-order chi connectivity index (χ0) is 20.5. The number of pyridine rings is 3. The van der Waals surface area contributed by atoms with Crippen LogP contribution in [0.5, 0.6) is 0 Å². The van der Waals surface area contributed by atoms with E-state index in [2.05, 4.69) is 30.6 Å². The van der Waals surface area contributed by atoms with E-state index in [1.807, 2.05) is 6.07 Å². The largest absolute Gasteiger partial charge is 0.364 e. The maximum Gasteiger partial charge on any atom is 0.267 e. The molecule has 0 saturated heterocycles. The molecule has 10 nitrogen and oxygen atoms in total. The highest BCUT2D eigenvalue weighted by molar-refractivity contribution is 6.05. The van der Waals surface area contributed by atoms with Gasteiger partial charge in [0, 0.05) is 31.0 Å². The lowest BCUT2D eigenvalue weighted by Crippen LogP contribution is -2.18. The Morgan fingerprint density at radius 3 is 2.48 bits per heavy atom. The molecule has 144 valence electrons. The third-order valence-corrected chi connectivity index (χ3v) is 4.28. The number of primary amides is 1. The number of amides is 2. The summed E-state index contributed by atoms with van der Waals surface area (Å²) < 4.78 is 1.60. The molecule has 3 N–H and O–H groups in total. The standard InChI is InChI=1S/C19H16N8O2/c1-10-3-12(6-23-17(10)18(20)28)19(29)24-16-5-11-4-14(15-9-27(2)26-25-15)21-7-13(11)8-22-16/h3-9H,1-2H3,(H2,20,28)(H,22,24,29). The number of carbonyl (C=O) groups is 2. The normalized spacial score (nSPS) is 10.8. The van der Waals surface area contributed by atoms with Gasteiger partial charge in [0.15, 0.2) is 0 Å². The minimum Gasteiger partial charge on any atom is -0.364 e. The molecule has 29 heavy (non-hydrogen) atoms. The van der Waals surface area contributed by atoms with Crippen molar-refractivity contribution in [2.45, 2.75) is 6.92 Å². The molecule has 0 radical (unpaired) electrons. The first-order valence-corrected chi connectivity index (χ1v) is 8.61. The van der Waals surface area contributed by atoms with E-state index in [1.54, 1.807) is 49.4 Å². The number of hydrogen-bond donors (Lipinski definition) is 2. The van der Waals surface area contributed by atoms with Gasteiger partial charge in [-0.05, 0) is 36.1 Å². The van der Waals surface area contributed by atoms with Crippen molar-refractivity contribution in [3.05, 3.63) is 59.8 Å². The minimum atomic E-state index is -0.641. The molecular weight excluding hydrogens is 372 g/mol. The Morgan fingerprint density at radius 1 is 1.00 bits per heavy atom. The quantitative estimate of drug-likeness (QED) is 0.539. The molecule has 0 fully saturated rings. The van der Waals surface area contributed by atoms with Crippen LogP contribution < -0.4 is 11.1 Å². The summed E-state index contributed by atoms with van der Waals surface area (Å²) in [4.78, 5) is 36.4. The van der Waals surface area contributed by atoms with E-state index in [0.717, 1.165) is 10.8 Å². The smallest absolute Gasteiger partial charge is 0.267 e. The van der Waals surface area contributed by atoms with Gasteiger partial charge in [-0.25, -0.2) is 9.97 Å². The van der Waals surface area contributed by atoms with E-state index in [-0.39, 0.29) is 5.69 Å². The van der Waals surface area contributed by atoms with Crippen LogP contribution in [0.25, 0.3) is 22.2 Å². The Morgan fingerprint density at radius 2 is 1.79 bits per heavy atom. The van der Waals surface area contributed by atoms with Gasteiger partial charge in [-0.1, -0.05) is 5.21 Å². The molecule has 0 aliphatic rings. The molecule has 0 aromatic carbocycles. The van der Waals surface area contributed by atoms with E-state index in [4.69, 9.17) is 5.73 Å². The van der Waals surface area contributed by atoms with E-state index in [1.165, 1.54) is 6.20 Å². The van der Waals surface area contributed by atoms with Crippen LogP contribution in [-0.4, -0.2) is 41.8 Å². The Bertz CT molecular complexity index is 1260. The number of nitrogens with two attached hydrogens (primary N) is 1. The first-order valence-electron chi connectivity index (χ1n) is 8.61.